The zero-order valence-electron chi connectivity index (χ0n) is 20.9. The molecule has 9 rings (SSSR count). The van der Waals surface area contributed by atoms with E-state index in [1.54, 1.807) is 0 Å². The van der Waals surface area contributed by atoms with Crippen molar-refractivity contribution in [1.82, 2.24) is 4.57 Å². The van der Waals surface area contributed by atoms with E-state index in [2.05, 4.69) is 132 Å². The molecule has 182 valence electrons. The maximum Gasteiger partial charge on any atom is 0.0555 e. The van der Waals surface area contributed by atoms with Crippen LogP contribution in [0.3, 0.4) is 0 Å². The Morgan fingerprint density at radius 1 is 0.385 bits per heavy atom. The predicted octanol–water partition coefficient (Wildman–Crippen LogP) is 11.2. The van der Waals surface area contributed by atoms with Crippen LogP contribution in [0.4, 0.5) is 0 Å². The third-order valence-corrected chi connectivity index (χ3v) is 10.3. The molecule has 0 aliphatic rings. The van der Waals surface area contributed by atoms with Crippen LogP contribution in [0.25, 0.3) is 79.0 Å². The summed E-state index contributed by atoms with van der Waals surface area (Å²) in [5.74, 6) is 0. The average molecular weight is 532 g/mol. The zero-order valence-corrected chi connectivity index (χ0v) is 22.5. The molecule has 0 fully saturated rings. The molecule has 0 radical (unpaired) electrons. The van der Waals surface area contributed by atoms with Gasteiger partial charge < -0.3 is 4.57 Å². The van der Waals surface area contributed by atoms with Crippen LogP contribution in [0.2, 0.25) is 0 Å². The lowest BCUT2D eigenvalue weighted by Crippen LogP contribution is -1.94. The molecular weight excluding hydrogens is 511 g/mol. The van der Waals surface area contributed by atoms with Gasteiger partial charge in [0.1, 0.15) is 0 Å². The summed E-state index contributed by atoms with van der Waals surface area (Å²) < 4.78 is 7.79. The van der Waals surface area contributed by atoms with Crippen LogP contribution in [0.15, 0.2) is 127 Å². The van der Waals surface area contributed by atoms with Gasteiger partial charge in [0.25, 0.3) is 0 Å². The van der Waals surface area contributed by atoms with Gasteiger partial charge in [0.05, 0.1) is 16.7 Å². The number of para-hydroxylation sites is 2. The Bertz CT molecular complexity index is 2350. The fraction of sp³-hybridized carbons (Fsp3) is 0. The lowest BCUT2D eigenvalue weighted by atomic mass is 10.0. The van der Waals surface area contributed by atoms with Gasteiger partial charge in [0.2, 0.25) is 0 Å². The molecule has 1 nitrogen and oxygen atoms in total. The van der Waals surface area contributed by atoms with Crippen LogP contribution in [-0.4, -0.2) is 4.57 Å². The SMILES string of the molecule is c1ccc2c(c1)sc1ccc(-c3ccc4c(c3)sc3cccc(-n5c6ccccc6c6ccccc65)c34)cc12. The summed E-state index contributed by atoms with van der Waals surface area (Å²) >= 11 is 3.76. The molecule has 0 bridgehead atoms. The smallest absolute Gasteiger partial charge is 0.0555 e. The monoisotopic (exact) mass is 531 g/mol. The van der Waals surface area contributed by atoms with Crippen molar-refractivity contribution in [3.05, 3.63) is 127 Å². The number of aromatic nitrogens is 1. The number of hydrogen-bond acceptors (Lipinski definition) is 2. The Balaban J connectivity index is 1.28. The van der Waals surface area contributed by atoms with E-state index in [0.29, 0.717) is 0 Å². The number of thiophene rings is 2. The van der Waals surface area contributed by atoms with Gasteiger partial charge in [-0.3, -0.25) is 0 Å². The van der Waals surface area contributed by atoms with Crippen molar-refractivity contribution in [2.24, 2.45) is 0 Å². The molecule has 0 amide bonds. The van der Waals surface area contributed by atoms with Crippen LogP contribution in [-0.2, 0) is 0 Å². The zero-order chi connectivity index (χ0) is 25.5. The van der Waals surface area contributed by atoms with Gasteiger partial charge in [-0.05, 0) is 59.7 Å². The van der Waals surface area contributed by atoms with Crippen molar-refractivity contribution in [3.8, 4) is 16.8 Å². The lowest BCUT2D eigenvalue weighted by Gasteiger charge is -2.10. The summed E-state index contributed by atoms with van der Waals surface area (Å²) in [6.07, 6.45) is 0. The highest BCUT2D eigenvalue weighted by Crippen LogP contribution is 2.43. The Kier molecular flexibility index (Phi) is 4.43. The first-order chi connectivity index (χ1) is 19.3. The van der Waals surface area contributed by atoms with Crippen molar-refractivity contribution in [3.63, 3.8) is 0 Å². The normalized spacial score (nSPS) is 12.1. The third-order valence-electron chi connectivity index (χ3n) is 8.01. The second-order valence-corrected chi connectivity index (χ2v) is 12.3. The highest BCUT2D eigenvalue weighted by Gasteiger charge is 2.17. The fourth-order valence-corrected chi connectivity index (χ4v) is 8.51. The van der Waals surface area contributed by atoms with Gasteiger partial charge in [-0.1, -0.05) is 78.9 Å². The number of fused-ring (bicyclic) bond motifs is 9. The van der Waals surface area contributed by atoms with E-state index in [-0.39, 0.29) is 0 Å². The molecule has 39 heavy (non-hydrogen) atoms. The molecule has 0 aliphatic heterocycles. The van der Waals surface area contributed by atoms with Crippen LogP contribution < -0.4 is 0 Å². The summed E-state index contributed by atoms with van der Waals surface area (Å²) in [4.78, 5) is 0. The molecule has 0 spiro atoms. The largest absolute Gasteiger partial charge is 0.309 e. The van der Waals surface area contributed by atoms with E-state index in [4.69, 9.17) is 0 Å². The van der Waals surface area contributed by atoms with Crippen molar-refractivity contribution in [1.29, 1.82) is 0 Å². The summed E-state index contributed by atoms with van der Waals surface area (Å²) in [5, 5.41) is 7.93. The van der Waals surface area contributed by atoms with Crippen LogP contribution in [0, 0.1) is 0 Å². The second-order valence-electron chi connectivity index (χ2n) is 10.1. The van der Waals surface area contributed by atoms with Crippen molar-refractivity contribution >= 4 is 84.8 Å². The van der Waals surface area contributed by atoms with E-state index in [0.717, 1.165) is 0 Å². The van der Waals surface area contributed by atoms with E-state index in [1.165, 1.54) is 79.0 Å². The molecule has 9 aromatic rings. The van der Waals surface area contributed by atoms with Crippen molar-refractivity contribution < 1.29 is 0 Å². The topological polar surface area (TPSA) is 4.93 Å². The molecule has 3 heteroatoms. The van der Waals surface area contributed by atoms with Crippen molar-refractivity contribution in [2.45, 2.75) is 0 Å². The van der Waals surface area contributed by atoms with E-state index < -0.39 is 0 Å². The van der Waals surface area contributed by atoms with E-state index in [1.807, 2.05) is 22.7 Å². The molecule has 0 unspecified atom stereocenters. The molecular formula is C36H21NS2. The second kappa shape index (κ2) is 8.03. The fourth-order valence-electron chi connectivity index (χ4n) is 6.26. The minimum atomic E-state index is 1.25. The van der Waals surface area contributed by atoms with Gasteiger partial charge in [-0.2, -0.15) is 0 Å². The molecule has 0 aliphatic carbocycles. The summed E-state index contributed by atoms with van der Waals surface area (Å²) in [5.41, 5.74) is 6.28. The third kappa shape index (κ3) is 3.06. The molecule has 6 aromatic carbocycles. The Morgan fingerprint density at radius 3 is 1.82 bits per heavy atom. The molecule has 3 aromatic heterocycles. The quantitative estimate of drug-likeness (QED) is 0.209. The molecule has 0 N–H and O–H groups in total. The summed E-state index contributed by atoms with van der Waals surface area (Å²) in [6, 6.07) is 46.9. The summed E-state index contributed by atoms with van der Waals surface area (Å²) in [7, 11) is 0. The minimum absolute atomic E-state index is 1.25. The highest BCUT2D eigenvalue weighted by atomic mass is 32.1. The van der Waals surface area contributed by atoms with Crippen LogP contribution in [0.1, 0.15) is 0 Å². The summed E-state index contributed by atoms with van der Waals surface area (Å²) in [6.45, 7) is 0. The van der Waals surface area contributed by atoms with Gasteiger partial charge in [0.15, 0.2) is 0 Å². The van der Waals surface area contributed by atoms with Crippen molar-refractivity contribution in [2.75, 3.05) is 0 Å². The number of hydrogen-bond donors (Lipinski definition) is 0. The number of benzene rings is 6. The van der Waals surface area contributed by atoms with Gasteiger partial charge in [-0.15, -0.1) is 22.7 Å². The Labute approximate surface area is 232 Å². The number of rotatable bonds is 2. The maximum absolute atomic E-state index is 2.45. The minimum Gasteiger partial charge on any atom is -0.309 e. The van der Waals surface area contributed by atoms with Gasteiger partial charge >= 0.3 is 0 Å². The molecule has 3 heterocycles. The number of nitrogens with zero attached hydrogens (tertiary/aromatic N) is 1. The van der Waals surface area contributed by atoms with E-state index in [9.17, 15) is 0 Å². The van der Waals surface area contributed by atoms with E-state index >= 15 is 0 Å². The Morgan fingerprint density at radius 2 is 1.00 bits per heavy atom. The lowest BCUT2D eigenvalue weighted by molar-refractivity contribution is 1.20. The van der Waals surface area contributed by atoms with Gasteiger partial charge in [0, 0.05) is 51.1 Å². The van der Waals surface area contributed by atoms with Crippen LogP contribution in [0.5, 0.6) is 0 Å². The first-order valence-electron chi connectivity index (χ1n) is 13.2. The first kappa shape index (κ1) is 21.5. The highest BCUT2D eigenvalue weighted by molar-refractivity contribution is 7.26. The molecule has 0 saturated carbocycles. The predicted molar refractivity (Wildman–Crippen MR) is 172 cm³/mol. The Hall–Kier alpha value is -4.44. The standard InChI is InChI=1S/C36H21NS2/c1-4-11-29-24(8-1)25-9-2-5-12-30(25)37(29)31-13-7-15-34-36(31)27-18-16-23(21-35(27)39-34)22-17-19-33-28(20-22)26-10-3-6-14-32(26)38-33/h1-21H. The average Bonchev–Trinajstić information content (AvgIpc) is 3.66. The van der Waals surface area contributed by atoms with Gasteiger partial charge in [-0.25, -0.2) is 0 Å². The van der Waals surface area contributed by atoms with Crippen LogP contribution >= 0.6 is 22.7 Å². The molecule has 0 saturated heterocycles. The molecule has 0 atom stereocenters. The maximum atomic E-state index is 2.45. The first-order valence-corrected chi connectivity index (χ1v) is 14.8.